The maximum Gasteiger partial charge on any atom is 0.155 e. The Hall–Kier alpha value is -1.63. The molecular weight excluding hydrogens is 208 g/mol. The van der Waals surface area contributed by atoms with Crippen molar-refractivity contribution in [1.82, 2.24) is 0 Å². The monoisotopic (exact) mass is 228 g/mol. The van der Waals surface area contributed by atoms with Crippen molar-refractivity contribution < 1.29 is 4.79 Å². The van der Waals surface area contributed by atoms with Crippen LogP contribution in [0.1, 0.15) is 31.7 Å². The van der Waals surface area contributed by atoms with Gasteiger partial charge in [-0.2, -0.15) is 0 Å². The molecule has 0 aromatic heterocycles. The van der Waals surface area contributed by atoms with Crippen molar-refractivity contribution in [3.8, 4) is 0 Å². The quantitative estimate of drug-likeness (QED) is 0.507. The standard InChI is InChI=1S/C16H20O/c1-2-10-16(17)14-9-4-3-6-11-15-12-7-5-8-13-15/h3-5,7-9,12-14H,2,6,10-11H2,1H3/b4-3+,14-9+. The summed E-state index contributed by atoms with van der Waals surface area (Å²) in [5, 5.41) is 0. The first-order valence-electron chi connectivity index (χ1n) is 6.23. The molecule has 0 radical (unpaired) electrons. The van der Waals surface area contributed by atoms with Crippen molar-refractivity contribution in [2.75, 3.05) is 0 Å². The topological polar surface area (TPSA) is 17.1 Å². The average Bonchev–Trinajstić information content (AvgIpc) is 2.35. The Morgan fingerprint density at radius 1 is 1.18 bits per heavy atom. The van der Waals surface area contributed by atoms with E-state index in [1.807, 2.05) is 25.1 Å². The van der Waals surface area contributed by atoms with Gasteiger partial charge in [0, 0.05) is 6.42 Å². The number of rotatable bonds is 7. The van der Waals surface area contributed by atoms with Gasteiger partial charge in [-0.05, 0) is 30.9 Å². The van der Waals surface area contributed by atoms with Crippen LogP contribution in [0.3, 0.4) is 0 Å². The zero-order chi connectivity index (χ0) is 12.3. The highest BCUT2D eigenvalue weighted by Gasteiger charge is 1.90. The highest BCUT2D eigenvalue weighted by Crippen LogP contribution is 2.02. The number of allylic oxidation sites excluding steroid dienone is 4. The summed E-state index contributed by atoms with van der Waals surface area (Å²) in [5.41, 5.74) is 1.35. The van der Waals surface area contributed by atoms with Gasteiger partial charge in [-0.15, -0.1) is 0 Å². The Balaban J connectivity index is 2.21. The van der Waals surface area contributed by atoms with Crippen LogP contribution in [-0.4, -0.2) is 5.78 Å². The fraction of sp³-hybridized carbons (Fsp3) is 0.312. The lowest BCUT2D eigenvalue weighted by molar-refractivity contribution is -0.114. The van der Waals surface area contributed by atoms with Gasteiger partial charge < -0.3 is 0 Å². The molecule has 1 heteroatoms. The Morgan fingerprint density at radius 3 is 2.65 bits per heavy atom. The molecule has 0 aliphatic rings. The third-order valence-electron chi connectivity index (χ3n) is 2.47. The van der Waals surface area contributed by atoms with Gasteiger partial charge in [-0.3, -0.25) is 4.79 Å². The van der Waals surface area contributed by atoms with Gasteiger partial charge in [-0.1, -0.05) is 55.5 Å². The summed E-state index contributed by atoms with van der Waals surface area (Å²) in [4.78, 5) is 11.2. The maximum absolute atomic E-state index is 11.2. The van der Waals surface area contributed by atoms with Crippen LogP contribution in [0, 0.1) is 0 Å². The number of carbonyl (C=O) groups is 1. The van der Waals surface area contributed by atoms with E-state index in [2.05, 4.69) is 30.3 Å². The Bertz CT molecular complexity index is 374. The lowest BCUT2D eigenvalue weighted by atomic mass is 10.1. The van der Waals surface area contributed by atoms with E-state index in [9.17, 15) is 4.79 Å². The van der Waals surface area contributed by atoms with Gasteiger partial charge in [0.25, 0.3) is 0 Å². The van der Waals surface area contributed by atoms with Gasteiger partial charge in [0.05, 0.1) is 0 Å². The Morgan fingerprint density at radius 2 is 1.94 bits per heavy atom. The first-order chi connectivity index (χ1) is 8.33. The van der Waals surface area contributed by atoms with Crippen molar-refractivity contribution in [2.45, 2.75) is 32.6 Å². The predicted octanol–water partition coefficient (Wildman–Crippen LogP) is 4.10. The van der Waals surface area contributed by atoms with Gasteiger partial charge in [0.1, 0.15) is 0 Å². The number of ketones is 1. The number of aryl methyl sites for hydroxylation is 1. The number of hydrogen-bond acceptors (Lipinski definition) is 1. The van der Waals surface area contributed by atoms with E-state index in [-0.39, 0.29) is 5.78 Å². The van der Waals surface area contributed by atoms with Crippen molar-refractivity contribution in [3.63, 3.8) is 0 Å². The lowest BCUT2D eigenvalue weighted by Crippen LogP contribution is -1.88. The van der Waals surface area contributed by atoms with Crippen molar-refractivity contribution in [2.24, 2.45) is 0 Å². The lowest BCUT2D eigenvalue weighted by Gasteiger charge is -1.95. The summed E-state index contributed by atoms with van der Waals surface area (Å²) in [6, 6.07) is 10.4. The summed E-state index contributed by atoms with van der Waals surface area (Å²) >= 11 is 0. The summed E-state index contributed by atoms with van der Waals surface area (Å²) in [6.45, 7) is 2.02. The van der Waals surface area contributed by atoms with Crippen LogP contribution in [0.4, 0.5) is 0 Å². The van der Waals surface area contributed by atoms with E-state index in [1.165, 1.54) is 5.56 Å². The second-order valence-electron chi connectivity index (χ2n) is 4.03. The third-order valence-corrected chi connectivity index (χ3v) is 2.47. The van der Waals surface area contributed by atoms with Gasteiger partial charge >= 0.3 is 0 Å². The Kier molecular flexibility index (Phi) is 6.73. The van der Waals surface area contributed by atoms with E-state index >= 15 is 0 Å². The molecule has 1 nitrogen and oxygen atoms in total. The molecule has 0 saturated carbocycles. The molecule has 0 N–H and O–H groups in total. The number of hydrogen-bond donors (Lipinski definition) is 0. The van der Waals surface area contributed by atoms with Crippen LogP contribution in [0.25, 0.3) is 0 Å². The van der Waals surface area contributed by atoms with E-state index in [4.69, 9.17) is 0 Å². The molecule has 0 saturated heterocycles. The van der Waals surface area contributed by atoms with Crippen molar-refractivity contribution >= 4 is 5.78 Å². The normalized spacial score (nSPS) is 11.4. The average molecular weight is 228 g/mol. The van der Waals surface area contributed by atoms with E-state index in [0.717, 1.165) is 19.3 Å². The summed E-state index contributed by atoms with van der Waals surface area (Å²) in [6.07, 6.45) is 11.2. The predicted molar refractivity (Wildman–Crippen MR) is 73.0 cm³/mol. The van der Waals surface area contributed by atoms with Crippen LogP contribution in [0.5, 0.6) is 0 Å². The molecule has 0 unspecified atom stereocenters. The minimum absolute atomic E-state index is 0.209. The molecule has 0 aliphatic carbocycles. The fourth-order valence-corrected chi connectivity index (χ4v) is 1.56. The minimum atomic E-state index is 0.209. The van der Waals surface area contributed by atoms with Crippen LogP contribution >= 0.6 is 0 Å². The first kappa shape index (κ1) is 13.4. The van der Waals surface area contributed by atoms with Crippen LogP contribution in [0.15, 0.2) is 54.6 Å². The number of benzene rings is 1. The molecule has 1 aromatic carbocycles. The number of carbonyl (C=O) groups excluding carboxylic acids is 1. The van der Waals surface area contributed by atoms with Crippen molar-refractivity contribution in [3.05, 3.63) is 60.2 Å². The van der Waals surface area contributed by atoms with Crippen LogP contribution in [0.2, 0.25) is 0 Å². The Labute approximate surface area is 104 Å². The molecule has 17 heavy (non-hydrogen) atoms. The minimum Gasteiger partial charge on any atom is -0.295 e. The van der Waals surface area contributed by atoms with Gasteiger partial charge in [-0.25, -0.2) is 0 Å². The van der Waals surface area contributed by atoms with E-state index in [0.29, 0.717) is 6.42 Å². The fourth-order valence-electron chi connectivity index (χ4n) is 1.56. The highest BCUT2D eigenvalue weighted by molar-refractivity contribution is 5.89. The van der Waals surface area contributed by atoms with Crippen LogP contribution in [-0.2, 0) is 11.2 Å². The summed E-state index contributed by atoms with van der Waals surface area (Å²) in [5.74, 6) is 0.209. The van der Waals surface area contributed by atoms with Gasteiger partial charge in [0.15, 0.2) is 5.78 Å². The van der Waals surface area contributed by atoms with Crippen LogP contribution < -0.4 is 0 Å². The summed E-state index contributed by atoms with van der Waals surface area (Å²) in [7, 11) is 0. The van der Waals surface area contributed by atoms with E-state index in [1.54, 1.807) is 6.08 Å². The highest BCUT2D eigenvalue weighted by atomic mass is 16.1. The largest absolute Gasteiger partial charge is 0.295 e. The molecule has 1 aromatic rings. The molecular formula is C16H20O. The van der Waals surface area contributed by atoms with E-state index < -0.39 is 0 Å². The molecule has 0 spiro atoms. The SMILES string of the molecule is CCCC(=O)/C=C/C=C/CCc1ccccc1. The zero-order valence-corrected chi connectivity index (χ0v) is 10.4. The first-order valence-corrected chi connectivity index (χ1v) is 6.23. The molecule has 0 heterocycles. The molecule has 0 atom stereocenters. The zero-order valence-electron chi connectivity index (χ0n) is 10.4. The summed E-state index contributed by atoms with van der Waals surface area (Å²) < 4.78 is 0. The van der Waals surface area contributed by atoms with Gasteiger partial charge in [0.2, 0.25) is 0 Å². The smallest absolute Gasteiger partial charge is 0.155 e. The molecule has 1 rings (SSSR count). The molecule has 0 aliphatic heterocycles. The molecule has 0 bridgehead atoms. The second kappa shape index (κ2) is 8.51. The molecule has 90 valence electrons. The molecule has 0 amide bonds. The third kappa shape index (κ3) is 6.52. The molecule has 0 fully saturated rings. The van der Waals surface area contributed by atoms with Crippen molar-refractivity contribution in [1.29, 1.82) is 0 Å². The second-order valence-corrected chi connectivity index (χ2v) is 4.03. The maximum atomic E-state index is 11.2.